The molecule has 0 bridgehead atoms. The van der Waals surface area contributed by atoms with Crippen LogP contribution in [-0.4, -0.2) is 20.4 Å². The summed E-state index contributed by atoms with van der Waals surface area (Å²) < 4.78 is 37.8. The van der Waals surface area contributed by atoms with Crippen molar-refractivity contribution in [2.45, 2.75) is 26.1 Å². The smallest absolute Gasteiger partial charge is 0.357 e. The van der Waals surface area contributed by atoms with E-state index in [0.717, 1.165) is 17.0 Å². The van der Waals surface area contributed by atoms with Crippen LogP contribution < -0.4 is 5.32 Å². The second-order valence-electron chi connectivity index (χ2n) is 5.34. The Morgan fingerprint density at radius 2 is 1.96 bits per heavy atom. The number of alkyl halides is 3. The van der Waals surface area contributed by atoms with Gasteiger partial charge in [0.1, 0.15) is 11.8 Å². The van der Waals surface area contributed by atoms with Gasteiger partial charge in [-0.2, -0.15) is 18.4 Å². The van der Waals surface area contributed by atoms with Gasteiger partial charge in [0, 0.05) is 11.4 Å². The van der Waals surface area contributed by atoms with Gasteiger partial charge in [0.05, 0.1) is 5.56 Å². The fourth-order valence-corrected chi connectivity index (χ4v) is 3.21. The van der Waals surface area contributed by atoms with Crippen LogP contribution in [0.4, 0.5) is 18.3 Å². The van der Waals surface area contributed by atoms with E-state index >= 15 is 0 Å². The molecule has 2 N–H and O–H groups in total. The second-order valence-corrected chi connectivity index (χ2v) is 6.42. The van der Waals surface area contributed by atoms with E-state index in [1.807, 2.05) is 13.0 Å². The number of rotatable bonds is 5. The van der Waals surface area contributed by atoms with Crippen LogP contribution in [0.2, 0.25) is 0 Å². The SMILES string of the molecule is CCc1sc(NCc2ccc(C(F)(F)F)cc2)nc1-c1nn[nH]c1C#N. The van der Waals surface area contributed by atoms with E-state index in [0.29, 0.717) is 35.0 Å². The normalized spacial score (nSPS) is 11.3. The van der Waals surface area contributed by atoms with Crippen LogP contribution >= 0.6 is 11.3 Å². The number of nitrogens with zero attached hydrogens (tertiary/aromatic N) is 4. The molecular formula is C16H13F3N6S. The largest absolute Gasteiger partial charge is 0.416 e. The van der Waals surface area contributed by atoms with Gasteiger partial charge in [0.25, 0.3) is 0 Å². The lowest BCUT2D eigenvalue weighted by Gasteiger charge is -2.08. The molecule has 0 saturated carbocycles. The van der Waals surface area contributed by atoms with Crippen LogP contribution in [0, 0.1) is 11.3 Å². The van der Waals surface area contributed by atoms with Gasteiger partial charge in [-0.1, -0.05) is 24.3 Å². The summed E-state index contributed by atoms with van der Waals surface area (Å²) >= 11 is 1.41. The quantitative estimate of drug-likeness (QED) is 0.700. The molecular weight excluding hydrogens is 365 g/mol. The fourth-order valence-electron chi connectivity index (χ4n) is 2.31. The van der Waals surface area contributed by atoms with Crippen molar-refractivity contribution in [3.8, 4) is 17.5 Å². The molecule has 0 radical (unpaired) electrons. The number of aromatic nitrogens is 4. The summed E-state index contributed by atoms with van der Waals surface area (Å²) in [6.07, 6.45) is -3.64. The van der Waals surface area contributed by atoms with Crippen LogP contribution in [-0.2, 0) is 19.1 Å². The van der Waals surface area contributed by atoms with Crippen molar-refractivity contribution < 1.29 is 13.2 Å². The molecule has 0 spiro atoms. The maximum Gasteiger partial charge on any atom is 0.416 e. The topological polar surface area (TPSA) is 90.3 Å². The van der Waals surface area contributed by atoms with Gasteiger partial charge in [-0.25, -0.2) is 10.1 Å². The first kappa shape index (κ1) is 17.9. The van der Waals surface area contributed by atoms with E-state index in [4.69, 9.17) is 5.26 Å². The summed E-state index contributed by atoms with van der Waals surface area (Å²) in [4.78, 5) is 5.39. The van der Waals surface area contributed by atoms with Crippen molar-refractivity contribution in [3.63, 3.8) is 0 Å². The van der Waals surface area contributed by atoms with E-state index in [-0.39, 0.29) is 5.69 Å². The molecule has 10 heteroatoms. The first-order valence-corrected chi connectivity index (χ1v) is 8.45. The number of anilines is 1. The maximum atomic E-state index is 12.6. The minimum absolute atomic E-state index is 0.235. The van der Waals surface area contributed by atoms with Crippen LogP contribution in [0.3, 0.4) is 0 Å². The third kappa shape index (κ3) is 3.67. The zero-order chi connectivity index (χ0) is 18.7. The van der Waals surface area contributed by atoms with Gasteiger partial charge in [-0.15, -0.1) is 16.4 Å². The molecule has 1 aromatic carbocycles. The molecule has 0 aliphatic carbocycles. The summed E-state index contributed by atoms with van der Waals surface area (Å²) in [5.74, 6) is 0. The zero-order valence-corrected chi connectivity index (χ0v) is 14.4. The molecule has 0 amide bonds. The number of hydrogen-bond acceptors (Lipinski definition) is 6. The highest BCUT2D eigenvalue weighted by atomic mass is 32.1. The molecule has 2 aromatic heterocycles. The summed E-state index contributed by atoms with van der Waals surface area (Å²) in [7, 11) is 0. The number of benzene rings is 1. The molecule has 134 valence electrons. The van der Waals surface area contributed by atoms with Crippen LogP contribution in [0.15, 0.2) is 24.3 Å². The number of halogens is 3. The molecule has 26 heavy (non-hydrogen) atoms. The number of H-pyrrole nitrogens is 1. The predicted octanol–water partition coefficient (Wildman–Crippen LogP) is 3.99. The molecule has 0 atom stereocenters. The van der Waals surface area contributed by atoms with Crippen molar-refractivity contribution in [1.82, 2.24) is 20.4 Å². The molecule has 0 aliphatic rings. The summed E-state index contributed by atoms with van der Waals surface area (Å²) in [5.41, 5.74) is 1.23. The van der Waals surface area contributed by atoms with E-state index in [2.05, 4.69) is 25.7 Å². The molecule has 6 nitrogen and oxygen atoms in total. The van der Waals surface area contributed by atoms with Gasteiger partial charge < -0.3 is 5.32 Å². The highest BCUT2D eigenvalue weighted by Gasteiger charge is 2.29. The first-order valence-electron chi connectivity index (χ1n) is 7.63. The van der Waals surface area contributed by atoms with Crippen LogP contribution in [0.1, 0.15) is 28.6 Å². The monoisotopic (exact) mass is 378 g/mol. The molecule has 0 unspecified atom stereocenters. The predicted molar refractivity (Wildman–Crippen MR) is 90.4 cm³/mol. The Hall–Kier alpha value is -2.93. The average molecular weight is 378 g/mol. The Kier molecular flexibility index (Phi) is 4.90. The standard InChI is InChI=1S/C16H13F3N6S/c1-2-12-14(13-11(7-20)23-25-24-13)22-15(26-12)21-8-9-3-5-10(6-4-9)16(17,18)19/h3-6H,2,8H2,1H3,(H,21,22)(H,23,24,25). The van der Waals surface area contributed by atoms with Crippen LogP contribution in [0.5, 0.6) is 0 Å². The lowest BCUT2D eigenvalue weighted by atomic mass is 10.1. The van der Waals surface area contributed by atoms with Crippen molar-refractivity contribution in [1.29, 1.82) is 5.26 Å². The Morgan fingerprint density at radius 1 is 1.23 bits per heavy atom. The van der Waals surface area contributed by atoms with E-state index < -0.39 is 11.7 Å². The summed E-state index contributed by atoms with van der Waals surface area (Å²) in [6, 6.07) is 6.94. The summed E-state index contributed by atoms with van der Waals surface area (Å²) in [6.45, 7) is 2.29. The van der Waals surface area contributed by atoms with Crippen LogP contribution in [0.25, 0.3) is 11.4 Å². The van der Waals surface area contributed by atoms with E-state index in [1.54, 1.807) is 0 Å². The average Bonchev–Trinajstić information content (AvgIpc) is 3.25. The number of nitrogens with one attached hydrogen (secondary N) is 2. The third-order valence-corrected chi connectivity index (χ3v) is 4.79. The molecule has 0 saturated heterocycles. The molecule has 2 heterocycles. The Bertz CT molecular complexity index is 936. The zero-order valence-electron chi connectivity index (χ0n) is 13.6. The molecule has 3 aromatic rings. The molecule has 0 fully saturated rings. The number of aromatic amines is 1. The van der Waals surface area contributed by atoms with Gasteiger partial charge in [-0.3, -0.25) is 0 Å². The van der Waals surface area contributed by atoms with Gasteiger partial charge in [0.2, 0.25) is 0 Å². The van der Waals surface area contributed by atoms with Crippen molar-refractivity contribution in [3.05, 3.63) is 46.0 Å². The first-order chi connectivity index (χ1) is 12.4. The number of thiazole rings is 1. The highest BCUT2D eigenvalue weighted by Crippen LogP contribution is 2.32. The van der Waals surface area contributed by atoms with Crippen molar-refractivity contribution >= 4 is 16.5 Å². The molecule has 0 aliphatic heterocycles. The highest BCUT2D eigenvalue weighted by molar-refractivity contribution is 7.16. The Labute approximate surface area is 150 Å². The fraction of sp³-hybridized carbons (Fsp3) is 0.250. The van der Waals surface area contributed by atoms with Gasteiger partial charge in [-0.05, 0) is 24.1 Å². The van der Waals surface area contributed by atoms with Crippen molar-refractivity contribution in [2.75, 3.05) is 5.32 Å². The minimum Gasteiger partial charge on any atom is -0.357 e. The minimum atomic E-state index is -4.35. The van der Waals surface area contributed by atoms with Gasteiger partial charge in [0.15, 0.2) is 16.5 Å². The maximum absolute atomic E-state index is 12.6. The number of aryl methyl sites for hydroxylation is 1. The lowest BCUT2D eigenvalue weighted by molar-refractivity contribution is -0.137. The lowest BCUT2D eigenvalue weighted by Crippen LogP contribution is -2.05. The Balaban J connectivity index is 1.76. The van der Waals surface area contributed by atoms with E-state index in [9.17, 15) is 13.2 Å². The second kappa shape index (κ2) is 7.13. The van der Waals surface area contributed by atoms with Crippen molar-refractivity contribution in [2.24, 2.45) is 0 Å². The molecule has 3 rings (SSSR count). The van der Waals surface area contributed by atoms with Gasteiger partial charge >= 0.3 is 6.18 Å². The number of nitriles is 1. The third-order valence-electron chi connectivity index (χ3n) is 3.63. The number of hydrogen-bond donors (Lipinski definition) is 2. The van der Waals surface area contributed by atoms with E-state index in [1.165, 1.54) is 23.5 Å². The Morgan fingerprint density at radius 3 is 2.58 bits per heavy atom. The summed E-state index contributed by atoms with van der Waals surface area (Å²) in [5, 5.41) is 22.9.